The summed E-state index contributed by atoms with van der Waals surface area (Å²) < 4.78 is 11.5. The molecule has 0 atom stereocenters. The minimum Gasteiger partial charge on any atom is -0.495 e. The summed E-state index contributed by atoms with van der Waals surface area (Å²) in [5.74, 6) is 1.51. The fourth-order valence-electron chi connectivity index (χ4n) is 4.15. The third kappa shape index (κ3) is 4.78. The minimum atomic E-state index is -0.0506. The van der Waals surface area contributed by atoms with E-state index in [-0.39, 0.29) is 12.1 Å². The van der Waals surface area contributed by atoms with E-state index in [4.69, 9.17) is 9.47 Å². The first-order chi connectivity index (χ1) is 14.7. The molecule has 1 aliphatic carbocycles. The molecule has 0 radical (unpaired) electrons. The van der Waals surface area contributed by atoms with Crippen molar-refractivity contribution in [3.63, 3.8) is 0 Å². The number of methoxy groups -OCH3 is 1. The maximum absolute atomic E-state index is 12.7. The molecule has 30 heavy (non-hydrogen) atoms. The second kappa shape index (κ2) is 9.69. The molecular formula is C23H30N4O3. The zero-order valence-electron chi connectivity index (χ0n) is 17.5. The highest BCUT2D eigenvalue weighted by Crippen LogP contribution is 2.28. The second-order valence-electron chi connectivity index (χ2n) is 7.80. The zero-order valence-corrected chi connectivity index (χ0v) is 17.5. The Kier molecular flexibility index (Phi) is 6.57. The number of carbonyl (C=O) groups excluding carboxylic acids is 1. The van der Waals surface area contributed by atoms with E-state index >= 15 is 0 Å². The third-order valence-corrected chi connectivity index (χ3v) is 5.85. The molecule has 1 aromatic carbocycles. The van der Waals surface area contributed by atoms with E-state index in [2.05, 4.69) is 21.3 Å². The first-order valence-electron chi connectivity index (χ1n) is 10.8. The maximum atomic E-state index is 12.7. The smallest absolute Gasteiger partial charge is 0.317 e. The lowest BCUT2D eigenvalue weighted by Crippen LogP contribution is -2.51. The summed E-state index contributed by atoms with van der Waals surface area (Å²) in [5, 5.41) is 3.03. The molecule has 4 rings (SSSR count). The van der Waals surface area contributed by atoms with E-state index in [1.165, 1.54) is 12.8 Å². The first-order valence-corrected chi connectivity index (χ1v) is 10.8. The lowest BCUT2D eigenvalue weighted by molar-refractivity contribution is 0.191. The Morgan fingerprint density at radius 3 is 2.63 bits per heavy atom. The Morgan fingerprint density at radius 2 is 1.87 bits per heavy atom. The molecule has 160 valence electrons. The van der Waals surface area contributed by atoms with Gasteiger partial charge in [0.05, 0.1) is 12.8 Å². The Bertz CT molecular complexity index is 846. The van der Waals surface area contributed by atoms with E-state index < -0.39 is 0 Å². The van der Waals surface area contributed by atoms with Gasteiger partial charge in [0.2, 0.25) is 5.88 Å². The molecule has 1 N–H and O–H groups in total. The van der Waals surface area contributed by atoms with E-state index in [1.807, 2.05) is 35.2 Å². The average Bonchev–Trinajstić information content (AvgIpc) is 3.31. The summed E-state index contributed by atoms with van der Waals surface area (Å²) in [6.45, 7) is 3.31. The number of rotatable bonds is 6. The molecule has 0 spiro atoms. The maximum Gasteiger partial charge on any atom is 0.317 e. The van der Waals surface area contributed by atoms with E-state index in [9.17, 15) is 4.79 Å². The summed E-state index contributed by atoms with van der Waals surface area (Å²) in [5.41, 5.74) is 1.99. The van der Waals surface area contributed by atoms with Crippen LogP contribution in [0.25, 0.3) is 0 Å². The molecule has 0 unspecified atom stereocenters. The lowest BCUT2D eigenvalue weighted by Gasteiger charge is -2.36. The zero-order chi connectivity index (χ0) is 20.8. The molecule has 2 heterocycles. The van der Waals surface area contributed by atoms with E-state index in [0.717, 1.165) is 42.9 Å². The summed E-state index contributed by atoms with van der Waals surface area (Å²) in [4.78, 5) is 21.2. The molecule has 1 aromatic heterocycles. The number of hydrogen-bond donors (Lipinski definition) is 1. The minimum absolute atomic E-state index is 0.0506. The Morgan fingerprint density at radius 1 is 1.10 bits per heavy atom. The number of benzene rings is 1. The number of pyridine rings is 1. The van der Waals surface area contributed by atoms with Crippen molar-refractivity contribution in [3.8, 4) is 11.6 Å². The van der Waals surface area contributed by atoms with Crippen LogP contribution in [0.4, 0.5) is 10.5 Å². The highest BCUT2D eigenvalue weighted by atomic mass is 16.5. The lowest BCUT2D eigenvalue weighted by atomic mass is 10.2. The molecule has 7 nitrogen and oxygen atoms in total. The molecule has 1 aliphatic heterocycles. The van der Waals surface area contributed by atoms with Crippen LogP contribution in [0.1, 0.15) is 31.2 Å². The molecule has 2 amide bonds. The number of hydrogen-bond acceptors (Lipinski definition) is 5. The van der Waals surface area contributed by atoms with Crippen LogP contribution in [-0.2, 0) is 6.54 Å². The number of carbonyl (C=O) groups is 1. The topological polar surface area (TPSA) is 66.9 Å². The summed E-state index contributed by atoms with van der Waals surface area (Å²) in [6.07, 6.45) is 6.58. The van der Waals surface area contributed by atoms with Gasteiger partial charge in [-0.1, -0.05) is 18.2 Å². The molecule has 1 saturated heterocycles. The van der Waals surface area contributed by atoms with E-state index in [1.54, 1.807) is 13.3 Å². The highest BCUT2D eigenvalue weighted by molar-refractivity contribution is 5.74. The molecule has 2 aromatic rings. The van der Waals surface area contributed by atoms with Crippen LogP contribution >= 0.6 is 0 Å². The Balaban J connectivity index is 1.29. The van der Waals surface area contributed by atoms with Gasteiger partial charge in [0.25, 0.3) is 0 Å². The summed E-state index contributed by atoms with van der Waals surface area (Å²) >= 11 is 0. The average molecular weight is 411 g/mol. The van der Waals surface area contributed by atoms with Crippen LogP contribution in [0, 0.1) is 0 Å². The number of anilines is 1. The van der Waals surface area contributed by atoms with Gasteiger partial charge in [0.15, 0.2) is 0 Å². The fraction of sp³-hybridized carbons (Fsp3) is 0.478. The predicted molar refractivity (Wildman–Crippen MR) is 116 cm³/mol. The third-order valence-electron chi connectivity index (χ3n) is 5.85. The largest absolute Gasteiger partial charge is 0.495 e. The number of nitrogens with one attached hydrogen (secondary N) is 1. The van der Waals surface area contributed by atoms with Gasteiger partial charge < -0.3 is 24.6 Å². The van der Waals surface area contributed by atoms with Gasteiger partial charge >= 0.3 is 6.03 Å². The van der Waals surface area contributed by atoms with Crippen LogP contribution in [0.2, 0.25) is 0 Å². The normalized spacial score (nSPS) is 17.1. The van der Waals surface area contributed by atoms with Gasteiger partial charge in [-0.15, -0.1) is 0 Å². The van der Waals surface area contributed by atoms with Gasteiger partial charge in [-0.05, 0) is 43.9 Å². The van der Waals surface area contributed by atoms with Crippen LogP contribution in [0.5, 0.6) is 11.6 Å². The quantitative estimate of drug-likeness (QED) is 0.790. The van der Waals surface area contributed by atoms with Crippen molar-refractivity contribution < 1.29 is 14.3 Å². The molecule has 7 heteroatoms. The number of aromatic nitrogens is 1. The second-order valence-corrected chi connectivity index (χ2v) is 7.80. The van der Waals surface area contributed by atoms with Crippen molar-refractivity contribution in [2.24, 2.45) is 0 Å². The molecule has 0 bridgehead atoms. The number of amides is 2. The molecule has 2 fully saturated rings. The molecule has 1 saturated carbocycles. The van der Waals surface area contributed by atoms with Crippen molar-refractivity contribution in [2.45, 2.75) is 38.3 Å². The first kappa shape index (κ1) is 20.3. The Labute approximate surface area is 178 Å². The summed E-state index contributed by atoms with van der Waals surface area (Å²) in [6, 6.07) is 11.8. The SMILES string of the molecule is COc1ccccc1N1CCN(C(=O)NCc2cccnc2OC2CCCC2)CC1. The van der Waals surface area contributed by atoms with Crippen molar-refractivity contribution in [2.75, 3.05) is 38.2 Å². The number of piperazine rings is 1. The monoisotopic (exact) mass is 410 g/mol. The van der Waals surface area contributed by atoms with Gasteiger partial charge in [-0.3, -0.25) is 0 Å². The van der Waals surface area contributed by atoms with Gasteiger partial charge in [-0.2, -0.15) is 0 Å². The number of nitrogens with zero attached hydrogens (tertiary/aromatic N) is 3. The number of ether oxygens (including phenoxy) is 2. The molecule has 2 aliphatic rings. The number of para-hydroxylation sites is 2. The van der Waals surface area contributed by atoms with Crippen molar-refractivity contribution >= 4 is 11.7 Å². The van der Waals surface area contributed by atoms with Crippen LogP contribution in [-0.4, -0.2) is 55.3 Å². The van der Waals surface area contributed by atoms with Crippen LogP contribution < -0.4 is 19.7 Å². The van der Waals surface area contributed by atoms with Crippen molar-refractivity contribution in [1.82, 2.24) is 15.2 Å². The Hall–Kier alpha value is -2.96. The van der Waals surface area contributed by atoms with Crippen LogP contribution in [0.3, 0.4) is 0 Å². The molecular weight excluding hydrogens is 380 g/mol. The van der Waals surface area contributed by atoms with Crippen LogP contribution in [0.15, 0.2) is 42.6 Å². The van der Waals surface area contributed by atoms with E-state index in [0.29, 0.717) is 25.5 Å². The number of urea groups is 1. The summed E-state index contributed by atoms with van der Waals surface area (Å²) in [7, 11) is 1.69. The van der Waals surface area contributed by atoms with Crippen molar-refractivity contribution in [3.05, 3.63) is 48.2 Å². The van der Waals surface area contributed by atoms with Gasteiger partial charge in [0.1, 0.15) is 11.9 Å². The van der Waals surface area contributed by atoms with Gasteiger partial charge in [0, 0.05) is 44.5 Å². The van der Waals surface area contributed by atoms with Crippen molar-refractivity contribution in [1.29, 1.82) is 0 Å². The van der Waals surface area contributed by atoms with Gasteiger partial charge in [-0.25, -0.2) is 9.78 Å². The predicted octanol–water partition coefficient (Wildman–Crippen LogP) is 3.44. The standard InChI is InChI=1S/C23H30N4O3/c1-29-21-11-5-4-10-20(21)26-13-15-27(16-14-26)23(28)25-17-18-7-6-12-24-22(18)30-19-8-2-3-9-19/h4-7,10-12,19H,2-3,8-9,13-17H2,1H3,(H,25,28). The fourth-order valence-corrected chi connectivity index (χ4v) is 4.15. The highest BCUT2D eigenvalue weighted by Gasteiger charge is 2.23.